The average Bonchev–Trinajstić information content (AvgIpc) is 2.42. The summed E-state index contributed by atoms with van der Waals surface area (Å²) in [6.07, 6.45) is 0. The third kappa shape index (κ3) is 3.82. The van der Waals surface area contributed by atoms with Gasteiger partial charge in [0, 0.05) is 38.0 Å². The fourth-order valence-electron chi connectivity index (χ4n) is 1.70. The predicted octanol–water partition coefficient (Wildman–Crippen LogP) is 0.687. The van der Waals surface area contributed by atoms with Crippen molar-refractivity contribution in [1.29, 1.82) is 0 Å². The van der Waals surface area contributed by atoms with E-state index in [4.69, 9.17) is 10.9 Å². The number of amidine groups is 1. The third-order valence-electron chi connectivity index (χ3n) is 2.87. The zero-order valence-electron chi connectivity index (χ0n) is 11.8. The Kier molecular flexibility index (Phi) is 5.27. The van der Waals surface area contributed by atoms with E-state index in [1.54, 1.807) is 6.07 Å². The van der Waals surface area contributed by atoms with Gasteiger partial charge in [0.2, 0.25) is 0 Å². The molecule has 0 aliphatic heterocycles. The maximum absolute atomic E-state index is 10.8. The number of rotatable bonds is 6. The van der Waals surface area contributed by atoms with Crippen molar-refractivity contribution in [3.8, 4) is 0 Å². The summed E-state index contributed by atoms with van der Waals surface area (Å²) in [5, 5.41) is 22.5. The van der Waals surface area contributed by atoms with E-state index in [-0.39, 0.29) is 11.5 Å². The highest BCUT2D eigenvalue weighted by Crippen LogP contribution is 2.24. The van der Waals surface area contributed by atoms with Gasteiger partial charge in [-0.05, 0) is 20.2 Å². The van der Waals surface area contributed by atoms with E-state index in [1.807, 2.05) is 30.9 Å². The van der Waals surface area contributed by atoms with Crippen molar-refractivity contribution in [3.05, 3.63) is 33.9 Å². The Bertz CT molecular complexity index is 516. The van der Waals surface area contributed by atoms with Crippen LogP contribution in [0.2, 0.25) is 0 Å². The molecule has 3 N–H and O–H groups in total. The fraction of sp³-hybridized carbons (Fsp3) is 0.417. The van der Waals surface area contributed by atoms with Gasteiger partial charge < -0.3 is 20.7 Å². The van der Waals surface area contributed by atoms with Gasteiger partial charge in [0.15, 0.2) is 5.84 Å². The normalized spacial score (nSPS) is 11.7. The first kappa shape index (κ1) is 15.7. The Morgan fingerprint density at radius 1 is 1.40 bits per heavy atom. The predicted molar refractivity (Wildman–Crippen MR) is 77.4 cm³/mol. The zero-order valence-corrected chi connectivity index (χ0v) is 11.8. The van der Waals surface area contributed by atoms with Gasteiger partial charge in [-0.1, -0.05) is 5.16 Å². The second-order valence-electron chi connectivity index (χ2n) is 4.67. The lowest BCUT2D eigenvalue weighted by atomic mass is 10.1. The summed E-state index contributed by atoms with van der Waals surface area (Å²) < 4.78 is 0. The number of nitro groups is 1. The first-order valence-corrected chi connectivity index (χ1v) is 5.99. The molecule has 0 aliphatic rings. The fourth-order valence-corrected chi connectivity index (χ4v) is 1.70. The van der Waals surface area contributed by atoms with Gasteiger partial charge in [0.25, 0.3) is 5.69 Å². The standard InChI is InChI=1S/C12H19N5O3/c1-15(2)6-7-16(3)11-5-4-9(17(19)20)8-10(11)12(13)14-18/h4-5,8,18H,6-7H2,1-3H3,(H2,13,14). The van der Waals surface area contributed by atoms with Crippen LogP contribution >= 0.6 is 0 Å². The molecule has 0 radical (unpaired) electrons. The lowest BCUT2D eigenvalue weighted by molar-refractivity contribution is -0.384. The minimum absolute atomic E-state index is 0.101. The molecular formula is C12H19N5O3. The Morgan fingerprint density at radius 2 is 2.05 bits per heavy atom. The molecule has 0 spiro atoms. The second-order valence-corrected chi connectivity index (χ2v) is 4.67. The van der Waals surface area contributed by atoms with Gasteiger partial charge in [0.05, 0.1) is 10.5 Å². The number of oxime groups is 1. The summed E-state index contributed by atoms with van der Waals surface area (Å²) in [5.74, 6) is -0.152. The van der Waals surface area contributed by atoms with E-state index in [2.05, 4.69) is 5.16 Å². The van der Waals surface area contributed by atoms with Crippen LogP contribution in [-0.4, -0.2) is 55.1 Å². The van der Waals surface area contributed by atoms with Crippen molar-refractivity contribution in [2.75, 3.05) is 39.1 Å². The average molecular weight is 281 g/mol. The van der Waals surface area contributed by atoms with Crippen LogP contribution in [0.1, 0.15) is 5.56 Å². The summed E-state index contributed by atoms with van der Waals surface area (Å²) in [6, 6.07) is 4.30. The molecule has 0 atom stereocenters. The van der Waals surface area contributed by atoms with Crippen LogP contribution in [0.5, 0.6) is 0 Å². The van der Waals surface area contributed by atoms with Crippen molar-refractivity contribution in [2.45, 2.75) is 0 Å². The topological polar surface area (TPSA) is 108 Å². The smallest absolute Gasteiger partial charge is 0.270 e. The van der Waals surface area contributed by atoms with Crippen molar-refractivity contribution in [1.82, 2.24) is 4.90 Å². The molecule has 1 aromatic carbocycles. The molecule has 1 aromatic rings. The SMILES string of the molecule is CN(C)CCN(C)c1ccc([N+](=O)[O-])cc1C(N)=NO. The van der Waals surface area contributed by atoms with Crippen LogP contribution in [0.25, 0.3) is 0 Å². The second kappa shape index (κ2) is 6.71. The molecular weight excluding hydrogens is 262 g/mol. The minimum Gasteiger partial charge on any atom is -0.409 e. The van der Waals surface area contributed by atoms with Gasteiger partial charge >= 0.3 is 0 Å². The van der Waals surface area contributed by atoms with Crippen LogP contribution in [-0.2, 0) is 0 Å². The molecule has 0 fully saturated rings. The molecule has 0 heterocycles. The maximum atomic E-state index is 10.8. The van der Waals surface area contributed by atoms with Crippen LogP contribution in [0.4, 0.5) is 11.4 Å². The first-order valence-electron chi connectivity index (χ1n) is 5.99. The monoisotopic (exact) mass is 281 g/mol. The third-order valence-corrected chi connectivity index (χ3v) is 2.87. The molecule has 20 heavy (non-hydrogen) atoms. The highest BCUT2D eigenvalue weighted by molar-refractivity contribution is 6.02. The molecule has 8 nitrogen and oxygen atoms in total. The van der Waals surface area contributed by atoms with Crippen molar-refractivity contribution >= 4 is 17.2 Å². The summed E-state index contributed by atoms with van der Waals surface area (Å²) in [6.45, 7) is 1.51. The molecule has 0 unspecified atom stereocenters. The highest BCUT2D eigenvalue weighted by Gasteiger charge is 2.16. The number of nitro benzene ring substituents is 1. The number of hydrogen-bond acceptors (Lipinski definition) is 6. The number of hydrogen-bond donors (Lipinski definition) is 2. The largest absolute Gasteiger partial charge is 0.409 e. The van der Waals surface area contributed by atoms with Gasteiger partial charge in [-0.15, -0.1) is 0 Å². The lowest BCUT2D eigenvalue weighted by Crippen LogP contribution is -2.30. The Balaban J connectivity index is 3.14. The van der Waals surface area contributed by atoms with E-state index < -0.39 is 4.92 Å². The molecule has 0 bridgehead atoms. The van der Waals surface area contributed by atoms with Crippen LogP contribution < -0.4 is 10.6 Å². The zero-order chi connectivity index (χ0) is 15.3. The first-order chi connectivity index (χ1) is 9.36. The Morgan fingerprint density at radius 3 is 2.55 bits per heavy atom. The molecule has 0 saturated heterocycles. The van der Waals surface area contributed by atoms with Crippen molar-refractivity contribution in [2.24, 2.45) is 10.9 Å². The van der Waals surface area contributed by atoms with Gasteiger partial charge in [0.1, 0.15) is 0 Å². The number of nitrogens with two attached hydrogens (primary N) is 1. The van der Waals surface area contributed by atoms with Crippen LogP contribution in [0, 0.1) is 10.1 Å². The van der Waals surface area contributed by atoms with Crippen molar-refractivity contribution < 1.29 is 10.1 Å². The summed E-state index contributed by atoms with van der Waals surface area (Å²) >= 11 is 0. The highest BCUT2D eigenvalue weighted by atomic mass is 16.6. The van der Waals surface area contributed by atoms with E-state index in [0.29, 0.717) is 17.8 Å². The molecule has 0 aromatic heterocycles. The van der Waals surface area contributed by atoms with Gasteiger partial charge in [-0.25, -0.2) is 0 Å². The van der Waals surface area contributed by atoms with Crippen LogP contribution in [0.3, 0.4) is 0 Å². The van der Waals surface area contributed by atoms with E-state index in [1.165, 1.54) is 12.1 Å². The van der Waals surface area contributed by atoms with Crippen LogP contribution in [0.15, 0.2) is 23.4 Å². The molecule has 0 amide bonds. The van der Waals surface area contributed by atoms with Gasteiger partial charge in [-0.2, -0.15) is 0 Å². The number of likely N-dealkylation sites (N-methyl/N-ethyl adjacent to an activating group) is 2. The van der Waals surface area contributed by atoms with E-state index in [9.17, 15) is 10.1 Å². The number of anilines is 1. The van der Waals surface area contributed by atoms with Gasteiger partial charge in [-0.3, -0.25) is 10.1 Å². The molecule has 110 valence electrons. The Hall–Kier alpha value is -2.35. The molecule has 0 aliphatic carbocycles. The minimum atomic E-state index is -0.516. The lowest BCUT2D eigenvalue weighted by Gasteiger charge is -2.23. The summed E-state index contributed by atoms with van der Waals surface area (Å²) in [5.41, 5.74) is 6.51. The van der Waals surface area contributed by atoms with E-state index >= 15 is 0 Å². The number of benzene rings is 1. The number of nitrogens with zero attached hydrogens (tertiary/aromatic N) is 4. The van der Waals surface area contributed by atoms with Crippen molar-refractivity contribution in [3.63, 3.8) is 0 Å². The maximum Gasteiger partial charge on any atom is 0.270 e. The summed E-state index contributed by atoms with van der Waals surface area (Å²) in [4.78, 5) is 14.2. The number of non-ortho nitro benzene ring substituents is 1. The molecule has 0 saturated carbocycles. The molecule has 8 heteroatoms. The van der Waals surface area contributed by atoms with E-state index in [0.717, 1.165) is 6.54 Å². The summed E-state index contributed by atoms with van der Waals surface area (Å²) in [7, 11) is 5.75. The Labute approximate surface area is 117 Å². The quantitative estimate of drug-likeness (QED) is 0.261. The molecule has 1 rings (SSSR count).